The number of ether oxygens (including phenoxy) is 2. The lowest BCUT2D eigenvalue weighted by Crippen LogP contribution is -2.58. The van der Waals surface area contributed by atoms with Crippen LogP contribution in [0.4, 0.5) is 0 Å². The van der Waals surface area contributed by atoms with Gasteiger partial charge < -0.3 is 29.3 Å². The van der Waals surface area contributed by atoms with Crippen LogP contribution in [0, 0.1) is 0 Å². The van der Waals surface area contributed by atoms with Gasteiger partial charge in [-0.05, 0) is 43.0 Å². The van der Waals surface area contributed by atoms with Gasteiger partial charge in [0, 0.05) is 18.6 Å². The van der Waals surface area contributed by atoms with Gasteiger partial charge in [0.2, 0.25) is 17.7 Å². The highest BCUT2D eigenvalue weighted by atomic mass is 32.2. The van der Waals surface area contributed by atoms with Crippen LogP contribution in [0.2, 0.25) is 0 Å². The lowest BCUT2D eigenvalue weighted by atomic mass is 9.95. The molecule has 6 saturated heterocycles. The van der Waals surface area contributed by atoms with Crippen molar-refractivity contribution in [3.8, 4) is 0 Å². The van der Waals surface area contributed by atoms with Crippen molar-refractivity contribution in [3.05, 3.63) is 181 Å². The van der Waals surface area contributed by atoms with E-state index in [-0.39, 0.29) is 43.1 Å². The molecular formula is C56H56N12O13S3. The van der Waals surface area contributed by atoms with Crippen LogP contribution in [-0.2, 0) is 77.5 Å². The van der Waals surface area contributed by atoms with Crippen molar-refractivity contribution in [1.29, 1.82) is 0 Å². The molecule has 0 spiro atoms. The quantitative estimate of drug-likeness (QED) is 0.114. The molecule has 4 aromatic carbocycles. The van der Waals surface area contributed by atoms with Gasteiger partial charge >= 0.3 is 17.9 Å². The third-order valence-corrected chi connectivity index (χ3v) is 23.3. The van der Waals surface area contributed by atoms with Crippen LogP contribution in [-0.4, -0.2) is 166 Å². The number of hydrogen-bond acceptors (Lipinski definition) is 19. The zero-order chi connectivity index (χ0) is 59.3. The highest BCUT2D eigenvalue weighted by Gasteiger charge is 2.72. The van der Waals surface area contributed by atoms with Gasteiger partial charge in [-0.1, -0.05) is 137 Å². The highest BCUT2D eigenvalue weighted by molar-refractivity contribution is 8.01. The maximum atomic E-state index is 13.6. The number of benzene rings is 4. The van der Waals surface area contributed by atoms with Gasteiger partial charge in [-0.2, -0.15) is 0 Å². The molecular weight excluding hydrogens is 1140 g/mol. The third kappa shape index (κ3) is 9.97. The number of fused-ring (bicyclic) bond motifs is 3. The number of sulfone groups is 2. The first-order valence-electron chi connectivity index (χ1n) is 26.6. The second kappa shape index (κ2) is 22.2. The smallest absolute Gasteiger partial charge is 0.331 e. The van der Waals surface area contributed by atoms with Crippen molar-refractivity contribution in [2.75, 3.05) is 0 Å². The summed E-state index contributed by atoms with van der Waals surface area (Å²) in [5, 5.41) is 30.1. The maximum Gasteiger partial charge on any atom is 0.331 e. The second-order valence-corrected chi connectivity index (χ2v) is 28.5. The fourth-order valence-corrected chi connectivity index (χ4v) is 18.4. The van der Waals surface area contributed by atoms with Crippen LogP contribution < -0.4 is 0 Å². The first-order valence-corrected chi connectivity index (χ1v) is 30.6. The largest absolute Gasteiger partial charge is 0.480 e. The van der Waals surface area contributed by atoms with Gasteiger partial charge in [-0.25, -0.2) is 31.2 Å². The number of carboxylic acids is 1. The molecule has 0 aliphatic carbocycles. The number of β-lactam (4-membered cyclic amide) rings is 3. The Labute approximate surface area is 485 Å². The van der Waals surface area contributed by atoms with Crippen molar-refractivity contribution < 1.29 is 60.2 Å². The summed E-state index contributed by atoms with van der Waals surface area (Å²) < 4.78 is 64.6. The van der Waals surface area contributed by atoms with Gasteiger partial charge in [0.05, 0.1) is 67.6 Å². The molecule has 7 aromatic rings. The fraction of sp³-hybridized carbons (Fsp3) is 0.357. The van der Waals surface area contributed by atoms with E-state index in [2.05, 4.69) is 30.9 Å². The van der Waals surface area contributed by atoms with Crippen LogP contribution in [0.15, 0.2) is 159 Å². The number of aromatic nitrogens is 9. The molecule has 1 N–H and O–H groups in total. The molecule has 13 rings (SSSR count). The number of rotatable bonds is 15. The van der Waals surface area contributed by atoms with Crippen molar-refractivity contribution >= 4 is 67.1 Å². The molecule has 436 valence electrons. The number of esters is 2. The Balaban J connectivity index is 0.000000135. The summed E-state index contributed by atoms with van der Waals surface area (Å²) in [5.41, 5.74) is 3.25. The summed E-state index contributed by atoms with van der Waals surface area (Å²) in [6.45, 7) is 4.98. The Morgan fingerprint density at radius 1 is 0.524 bits per heavy atom. The Morgan fingerprint density at radius 3 is 1.21 bits per heavy atom. The molecule has 3 aromatic heterocycles. The predicted molar refractivity (Wildman–Crippen MR) is 297 cm³/mol. The van der Waals surface area contributed by atoms with Crippen LogP contribution >= 0.6 is 11.8 Å². The summed E-state index contributed by atoms with van der Waals surface area (Å²) >= 11 is 1.64. The molecule has 3 unspecified atom stereocenters. The summed E-state index contributed by atoms with van der Waals surface area (Å²) in [5.74, 6) is -3.35. The van der Waals surface area contributed by atoms with Gasteiger partial charge in [-0.15, -0.1) is 27.1 Å². The summed E-state index contributed by atoms with van der Waals surface area (Å²) in [6.07, 6.45) is 8.01. The Kier molecular flexibility index (Phi) is 15.1. The summed E-state index contributed by atoms with van der Waals surface area (Å²) in [6, 6.07) is 34.4. The number of carboxylic acid groups (broad SMARTS) is 1. The topological polar surface area (TPSA) is 311 Å². The van der Waals surface area contributed by atoms with Gasteiger partial charge in [0.15, 0.2) is 44.0 Å². The molecule has 0 bridgehead atoms. The minimum atomic E-state index is -3.88. The molecule has 9 atom stereocenters. The first-order chi connectivity index (χ1) is 40.2. The number of amides is 3. The van der Waals surface area contributed by atoms with Gasteiger partial charge in [0.25, 0.3) is 0 Å². The first kappa shape index (κ1) is 57.2. The van der Waals surface area contributed by atoms with Crippen LogP contribution in [0.1, 0.15) is 74.5 Å². The molecule has 6 fully saturated rings. The van der Waals surface area contributed by atoms with Crippen LogP contribution in [0.3, 0.4) is 0 Å². The minimum absolute atomic E-state index is 0.00882. The van der Waals surface area contributed by atoms with E-state index in [9.17, 15) is 50.7 Å². The average Bonchev–Trinajstić information content (AvgIpc) is 1.58. The molecule has 3 amide bonds. The molecule has 9 heterocycles. The second-order valence-electron chi connectivity index (χ2n) is 21.6. The molecule has 6 aliphatic heterocycles. The number of carbonyl (C=O) groups excluding carboxylic acids is 5. The SMILES string of the molecule is C[C@@]1(Cn2ccnn2)SC2CC(=O)N2[C@H]1C(=O)OC(c1ccccc1)c1ccccc1.C[C@]1(Cn2ccnn2)[C@H](C(=O)O)N2C(=O)CC2S1(=O)=O.C[C@]1(Cn2ccnn2)[C@H](C(=O)OC(c2ccccc2)c2ccccc2)N2C(=O)CC2S1(=O)=O. The minimum Gasteiger partial charge on any atom is -0.480 e. The monoisotopic (exact) mass is 1200 g/mol. The van der Waals surface area contributed by atoms with Crippen LogP contribution in [0.25, 0.3) is 0 Å². The lowest BCUT2D eigenvalue weighted by Gasteiger charge is -2.38. The molecule has 28 heteroatoms. The van der Waals surface area contributed by atoms with Gasteiger partial charge in [0.1, 0.15) is 26.3 Å². The summed E-state index contributed by atoms with van der Waals surface area (Å²) in [7, 11) is -7.68. The maximum absolute atomic E-state index is 13.6. The third-order valence-electron chi connectivity index (χ3n) is 16.2. The predicted octanol–water partition coefficient (Wildman–Crippen LogP) is 3.25. The number of nitrogens with zero attached hydrogens (tertiary/aromatic N) is 12. The normalized spacial score (nSPS) is 27.4. The number of carbonyl (C=O) groups is 6. The van der Waals surface area contributed by atoms with E-state index in [4.69, 9.17) is 9.47 Å². The van der Waals surface area contributed by atoms with E-state index < -0.39 is 98.8 Å². The fourth-order valence-electron chi connectivity index (χ4n) is 12.0. The van der Waals surface area contributed by atoms with Crippen LogP contribution in [0.5, 0.6) is 0 Å². The standard InChI is InChI=1S/C23H22N4O5S.C23H22N4O3S.C10H12N4O5S/c1-23(15-26-13-12-24-25-26)21(27-18(28)14-19(27)33(23,30)31)22(29)32-20(16-8-4-2-5-9-16)17-10-6-3-7-11-17;1-23(15-26-13-12-24-25-26)21(27-18(28)14-19(27)31-23)22(29)30-20(16-8-4-2-5-9-16)17-10-6-3-7-11-17;1-10(5-13-3-2-11-12-13)8(9(16)17)14-6(15)4-7(14)20(10,18)19/h2-13,19-21H,14-15H2,1H3;2-13,19-21H,14-15H2,1H3;2-3,7-8H,4-5H2,1H3,(H,16,17)/t2*19?,21-,23-;7?,8-,10-/m000/s1. The zero-order valence-electron chi connectivity index (χ0n) is 45.3. The van der Waals surface area contributed by atoms with E-state index in [1.165, 1.54) is 48.0 Å². The highest BCUT2D eigenvalue weighted by Crippen LogP contribution is 2.53. The lowest BCUT2D eigenvalue weighted by molar-refractivity contribution is -0.164. The Bertz CT molecular complexity index is 3740. The number of hydrogen-bond donors (Lipinski definition) is 1. The van der Waals surface area contributed by atoms with Crippen molar-refractivity contribution in [3.63, 3.8) is 0 Å². The molecule has 0 radical (unpaired) electrons. The molecule has 25 nitrogen and oxygen atoms in total. The molecule has 0 saturated carbocycles. The van der Waals surface area contributed by atoms with E-state index >= 15 is 0 Å². The summed E-state index contributed by atoms with van der Waals surface area (Å²) in [4.78, 5) is 78.9. The zero-order valence-corrected chi connectivity index (χ0v) is 47.8. The van der Waals surface area contributed by atoms with E-state index in [0.29, 0.717) is 13.0 Å². The molecule has 84 heavy (non-hydrogen) atoms. The van der Waals surface area contributed by atoms with Gasteiger partial charge in [-0.3, -0.25) is 28.4 Å². The number of thioether (sulfide) groups is 1. The van der Waals surface area contributed by atoms with E-state index in [0.717, 1.165) is 32.1 Å². The van der Waals surface area contributed by atoms with E-state index in [1.54, 1.807) is 33.7 Å². The Hall–Kier alpha value is -8.63. The average molecular weight is 1200 g/mol. The molecule has 6 aliphatic rings. The van der Waals surface area contributed by atoms with Crippen molar-refractivity contribution in [1.82, 2.24) is 59.7 Å². The van der Waals surface area contributed by atoms with Crippen molar-refractivity contribution in [2.24, 2.45) is 0 Å². The van der Waals surface area contributed by atoms with E-state index in [1.807, 2.05) is 128 Å². The Morgan fingerprint density at radius 2 is 0.869 bits per heavy atom. The number of aliphatic carboxylic acids is 1. The van der Waals surface area contributed by atoms with Crippen molar-refractivity contribution in [2.45, 2.75) is 120 Å².